The van der Waals surface area contributed by atoms with Crippen LogP contribution in [-0.2, 0) is 17.9 Å². The Morgan fingerprint density at radius 3 is 2.77 bits per heavy atom. The van der Waals surface area contributed by atoms with Crippen molar-refractivity contribution < 1.29 is 14.9 Å². The fraction of sp³-hybridized carbons (Fsp3) is 0.455. The molecule has 0 saturated heterocycles. The predicted molar refractivity (Wildman–Crippen MR) is 118 cm³/mol. The van der Waals surface area contributed by atoms with E-state index in [1.54, 1.807) is 12.1 Å². The van der Waals surface area contributed by atoms with Gasteiger partial charge in [-0.05, 0) is 56.6 Å². The van der Waals surface area contributed by atoms with E-state index in [1.165, 1.54) is 0 Å². The zero-order valence-corrected chi connectivity index (χ0v) is 17.7. The van der Waals surface area contributed by atoms with Gasteiger partial charge in [0.05, 0.1) is 30.8 Å². The number of rotatable bonds is 12. The minimum Gasteiger partial charge on any atom is -0.506 e. The molecule has 0 bridgehead atoms. The number of fused-ring (bicyclic) bond motifs is 1. The Hall–Kier alpha value is -2.68. The van der Waals surface area contributed by atoms with Crippen LogP contribution in [0.25, 0.3) is 11.0 Å². The average Bonchev–Trinajstić information content (AvgIpc) is 3.09. The van der Waals surface area contributed by atoms with Gasteiger partial charge in [-0.1, -0.05) is 6.07 Å². The number of aliphatic hydroxyl groups is 1. The number of aromatic nitrogens is 3. The highest BCUT2D eigenvalue weighted by Gasteiger charge is 2.14. The number of pyridine rings is 1. The largest absolute Gasteiger partial charge is 0.506 e. The third-order valence-electron chi connectivity index (χ3n) is 4.83. The van der Waals surface area contributed by atoms with Crippen LogP contribution in [0.2, 0.25) is 0 Å². The summed E-state index contributed by atoms with van der Waals surface area (Å²) in [6.07, 6.45) is 0.936. The normalized spacial score (nSPS) is 11.3. The Balaban J connectivity index is 1.74. The number of imidazole rings is 1. The molecule has 2 aromatic heterocycles. The van der Waals surface area contributed by atoms with Crippen LogP contribution in [0, 0.1) is 6.92 Å². The lowest BCUT2D eigenvalue weighted by atomic mass is 10.2. The topological polar surface area (TPSA) is 104 Å². The van der Waals surface area contributed by atoms with E-state index in [9.17, 15) is 10.2 Å². The van der Waals surface area contributed by atoms with Crippen LogP contribution in [0.1, 0.15) is 30.3 Å². The Bertz CT molecular complexity index is 957. The number of anilines is 1. The van der Waals surface area contributed by atoms with E-state index < -0.39 is 0 Å². The zero-order valence-electron chi connectivity index (χ0n) is 17.7. The van der Waals surface area contributed by atoms with Gasteiger partial charge in [0.1, 0.15) is 11.4 Å². The molecular weight excluding hydrogens is 382 g/mol. The summed E-state index contributed by atoms with van der Waals surface area (Å²) in [5.74, 6) is 0.877. The van der Waals surface area contributed by atoms with Crippen molar-refractivity contribution in [2.45, 2.75) is 33.4 Å². The molecule has 0 aliphatic rings. The molecule has 30 heavy (non-hydrogen) atoms. The van der Waals surface area contributed by atoms with Crippen LogP contribution < -0.4 is 10.6 Å². The molecule has 8 heteroatoms. The highest BCUT2D eigenvalue weighted by molar-refractivity contribution is 5.79. The first-order valence-electron chi connectivity index (χ1n) is 10.4. The van der Waals surface area contributed by atoms with Crippen molar-refractivity contribution in [3.63, 3.8) is 0 Å². The maximum absolute atomic E-state index is 10.3. The number of nitrogens with zero attached hydrogens (tertiary/aromatic N) is 3. The van der Waals surface area contributed by atoms with Gasteiger partial charge in [-0.3, -0.25) is 4.98 Å². The van der Waals surface area contributed by atoms with Crippen molar-refractivity contribution in [2.24, 2.45) is 0 Å². The predicted octanol–water partition coefficient (Wildman–Crippen LogP) is 2.41. The van der Waals surface area contributed by atoms with Gasteiger partial charge in [0.25, 0.3) is 0 Å². The summed E-state index contributed by atoms with van der Waals surface area (Å²) in [6, 6.07) is 9.15. The van der Waals surface area contributed by atoms with Crippen molar-refractivity contribution in [3.8, 4) is 5.75 Å². The number of nitrogens with one attached hydrogen (secondary N) is 2. The third-order valence-corrected chi connectivity index (χ3v) is 4.83. The summed E-state index contributed by atoms with van der Waals surface area (Å²) >= 11 is 0. The molecule has 0 aliphatic carbocycles. The van der Waals surface area contributed by atoms with Gasteiger partial charge >= 0.3 is 0 Å². The van der Waals surface area contributed by atoms with E-state index in [4.69, 9.17) is 9.72 Å². The minimum atomic E-state index is -0.0365. The van der Waals surface area contributed by atoms with Crippen LogP contribution in [-0.4, -0.2) is 57.6 Å². The number of aryl methyl sites for hydroxylation is 1. The maximum atomic E-state index is 10.3. The molecule has 2 heterocycles. The molecule has 0 saturated carbocycles. The van der Waals surface area contributed by atoms with Gasteiger partial charge in [-0.2, -0.15) is 0 Å². The second kappa shape index (κ2) is 10.9. The number of aromatic hydroxyl groups is 1. The number of hydrogen-bond acceptors (Lipinski definition) is 7. The summed E-state index contributed by atoms with van der Waals surface area (Å²) in [5.41, 5.74) is 3.97. The fourth-order valence-corrected chi connectivity index (χ4v) is 3.26. The molecule has 0 aliphatic heterocycles. The molecule has 0 atom stereocenters. The standard InChI is InChI=1S/C22H31N5O3/c1-3-30-12-11-23-9-4-10-24-22-26-18-7-6-17(15-28)13-20(18)27(22)14-19-21(29)8-5-16(2)25-19/h5-8,13,23,28-29H,3-4,9-12,14-15H2,1-2H3,(H,24,26). The Morgan fingerprint density at radius 2 is 1.97 bits per heavy atom. The minimum absolute atomic E-state index is 0.0365. The second-order valence-electron chi connectivity index (χ2n) is 7.15. The van der Waals surface area contributed by atoms with Crippen LogP contribution in [0.4, 0.5) is 5.95 Å². The van der Waals surface area contributed by atoms with Gasteiger partial charge < -0.3 is 30.2 Å². The monoisotopic (exact) mass is 413 g/mol. The Labute approximate surface area is 176 Å². The molecule has 4 N–H and O–H groups in total. The van der Waals surface area contributed by atoms with E-state index in [2.05, 4.69) is 15.6 Å². The molecule has 0 fully saturated rings. The zero-order chi connectivity index (χ0) is 21.3. The van der Waals surface area contributed by atoms with Crippen molar-refractivity contribution >= 4 is 17.0 Å². The summed E-state index contributed by atoms with van der Waals surface area (Å²) in [7, 11) is 0. The smallest absolute Gasteiger partial charge is 0.204 e. The van der Waals surface area contributed by atoms with E-state index in [1.807, 2.05) is 36.6 Å². The van der Waals surface area contributed by atoms with Crippen molar-refractivity contribution in [2.75, 3.05) is 38.2 Å². The summed E-state index contributed by atoms with van der Waals surface area (Å²) in [5, 5.41) is 26.5. The summed E-state index contributed by atoms with van der Waals surface area (Å²) in [6.45, 7) is 8.18. The van der Waals surface area contributed by atoms with E-state index >= 15 is 0 Å². The lowest BCUT2D eigenvalue weighted by Crippen LogP contribution is -2.23. The van der Waals surface area contributed by atoms with Gasteiger partial charge in [-0.15, -0.1) is 0 Å². The lowest BCUT2D eigenvalue weighted by Gasteiger charge is -2.12. The van der Waals surface area contributed by atoms with Crippen LogP contribution in [0.15, 0.2) is 30.3 Å². The third kappa shape index (κ3) is 5.69. The maximum Gasteiger partial charge on any atom is 0.204 e. The van der Waals surface area contributed by atoms with E-state index in [0.717, 1.165) is 67.5 Å². The number of hydrogen-bond donors (Lipinski definition) is 4. The summed E-state index contributed by atoms with van der Waals surface area (Å²) < 4.78 is 7.32. The van der Waals surface area contributed by atoms with Crippen molar-refractivity contribution in [3.05, 3.63) is 47.3 Å². The number of benzene rings is 1. The quantitative estimate of drug-likeness (QED) is 0.338. The van der Waals surface area contributed by atoms with Gasteiger partial charge in [0.2, 0.25) is 5.95 Å². The lowest BCUT2D eigenvalue weighted by molar-refractivity contribution is 0.149. The molecule has 0 unspecified atom stereocenters. The van der Waals surface area contributed by atoms with Gasteiger partial charge in [0.15, 0.2) is 0 Å². The average molecular weight is 414 g/mol. The Morgan fingerprint density at radius 1 is 1.10 bits per heavy atom. The second-order valence-corrected chi connectivity index (χ2v) is 7.15. The Kier molecular flexibility index (Phi) is 8.01. The molecule has 0 amide bonds. The number of ether oxygens (including phenoxy) is 1. The molecular formula is C22H31N5O3. The summed E-state index contributed by atoms with van der Waals surface area (Å²) in [4.78, 5) is 9.20. The SMILES string of the molecule is CCOCCNCCCNc1nc2ccc(CO)cc2n1Cc1nc(C)ccc1O. The molecule has 8 nitrogen and oxygen atoms in total. The first-order chi connectivity index (χ1) is 14.6. The van der Waals surface area contributed by atoms with E-state index in [-0.39, 0.29) is 12.4 Å². The molecule has 1 aromatic carbocycles. The van der Waals surface area contributed by atoms with Crippen LogP contribution in [0.3, 0.4) is 0 Å². The highest BCUT2D eigenvalue weighted by Crippen LogP contribution is 2.25. The molecule has 0 spiro atoms. The van der Waals surface area contributed by atoms with Crippen molar-refractivity contribution in [1.82, 2.24) is 19.9 Å². The molecule has 3 aromatic rings. The van der Waals surface area contributed by atoms with Crippen molar-refractivity contribution in [1.29, 1.82) is 0 Å². The fourth-order valence-electron chi connectivity index (χ4n) is 3.26. The molecule has 0 radical (unpaired) electrons. The first-order valence-corrected chi connectivity index (χ1v) is 10.4. The highest BCUT2D eigenvalue weighted by atomic mass is 16.5. The molecule has 162 valence electrons. The van der Waals surface area contributed by atoms with E-state index in [0.29, 0.717) is 12.2 Å². The first kappa shape index (κ1) is 22.0. The number of aliphatic hydroxyl groups excluding tert-OH is 1. The van der Waals surface area contributed by atoms with Gasteiger partial charge in [-0.25, -0.2) is 4.98 Å². The molecule has 3 rings (SSSR count). The van der Waals surface area contributed by atoms with Crippen LogP contribution >= 0.6 is 0 Å². The van der Waals surface area contributed by atoms with Crippen LogP contribution in [0.5, 0.6) is 5.75 Å². The van der Waals surface area contributed by atoms with Gasteiger partial charge in [0, 0.05) is 25.4 Å².